The molecule has 2 aromatic rings. The first-order valence-electron chi connectivity index (χ1n) is 12.0. The van der Waals surface area contributed by atoms with Gasteiger partial charge >= 0.3 is 12.1 Å². The Kier molecular flexibility index (Phi) is 6.31. The van der Waals surface area contributed by atoms with Crippen molar-refractivity contribution >= 4 is 17.4 Å². The van der Waals surface area contributed by atoms with Crippen LogP contribution in [0.15, 0.2) is 0 Å². The Hall–Kier alpha value is -2.39. The van der Waals surface area contributed by atoms with Gasteiger partial charge in [-0.3, -0.25) is 4.79 Å². The second-order valence-corrected chi connectivity index (χ2v) is 10.5. The second kappa shape index (κ2) is 8.68. The number of carbonyl (C=O) groups is 1. The van der Waals surface area contributed by atoms with Gasteiger partial charge in [0.25, 0.3) is 0 Å². The van der Waals surface area contributed by atoms with Crippen LogP contribution in [0.5, 0.6) is 0 Å². The van der Waals surface area contributed by atoms with Gasteiger partial charge in [-0.15, -0.1) is 0 Å². The van der Waals surface area contributed by atoms with Crippen LogP contribution in [-0.4, -0.2) is 44.9 Å². The molecule has 6 nitrogen and oxygen atoms in total. The number of alkyl halides is 3. The highest BCUT2D eigenvalue weighted by atomic mass is 19.4. The van der Waals surface area contributed by atoms with E-state index in [0.717, 1.165) is 5.56 Å². The Bertz CT molecular complexity index is 1090. The van der Waals surface area contributed by atoms with Gasteiger partial charge in [-0.2, -0.15) is 22.8 Å². The van der Waals surface area contributed by atoms with Crippen molar-refractivity contribution in [3.05, 3.63) is 22.8 Å². The summed E-state index contributed by atoms with van der Waals surface area (Å²) in [4.78, 5) is 18.4. The first kappa shape index (κ1) is 24.7. The molecule has 1 N–H and O–H groups in total. The maximum absolute atomic E-state index is 15.6. The van der Waals surface area contributed by atoms with Gasteiger partial charge in [-0.05, 0) is 58.3 Å². The number of aryl methyl sites for hydroxylation is 1. The lowest BCUT2D eigenvalue weighted by Crippen LogP contribution is -2.47. The highest BCUT2D eigenvalue weighted by Crippen LogP contribution is 2.44. The van der Waals surface area contributed by atoms with Gasteiger partial charge in [0.15, 0.2) is 11.5 Å². The van der Waals surface area contributed by atoms with Crippen molar-refractivity contribution in [2.45, 2.75) is 84.2 Å². The summed E-state index contributed by atoms with van der Waals surface area (Å²) in [6.07, 6.45) is -2.66. The van der Waals surface area contributed by atoms with Crippen LogP contribution in [-0.2, 0) is 4.79 Å². The topological polar surface area (TPSA) is 70.7 Å². The number of hydrogen-bond donors (Lipinski definition) is 1. The van der Waals surface area contributed by atoms with E-state index >= 15 is 4.39 Å². The van der Waals surface area contributed by atoms with Crippen molar-refractivity contribution < 1.29 is 27.5 Å². The molecule has 1 saturated heterocycles. The van der Waals surface area contributed by atoms with Crippen LogP contribution in [0.2, 0.25) is 0 Å². The number of fused-ring (bicyclic) bond motifs is 1. The zero-order valence-corrected chi connectivity index (χ0v) is 20.0. The van der Waals surface area contributed by atoms with E-state index in [0.29, 0.717) is 30.9 Å². The average Bonchev–Trinajstić information content (AvgIpc) is 3.08. The fourth-order valence-electron chi connectivity index (χ4n) is 5.68. The SMILES string of the molecule is Cc1nc2c(F)c(C3CCC(C(F)(F)F)CC3)nn2c(N2CCC[C@](C)(C(=O)O)C2)c1C(C)C. The van der Waals surface area contributed by atoms with Crippen molar-refractivity contribution in [3.63, 3.8) is 0 Å². The van der Waals surface area contributed by atoms with Gasteiger partial charge in [0.2, 0.25) is 0 Å². The summed E-state index contributed by atoms with van der Waals surface area (Å²) in [6, 6.07) is 0. The number of carboxylic acids is 1. The predicted molar refractivity (Wildman–Crippen MR) is 120 cm³/mol. The standard InChI is InChI=1S/C24H32F4N4O2/c1-13(2)17-14(3)29-20-18(25)19(15-6-8-16(9-7-15)24(26,27)28)30-32(20)21(17)31-11-5-10-23(4,12-31)22(33)34/h13,15-16H,5-12H2,1-4H3,(H,33,34)/t15?,16?,23-/m0/s1. The summed E-state index contributed by atoms with van der Waals surface area (Å²) >= 11 is 0. The Morgan fingerprint density at radius 1 is 1.21 bits per heavy atom. The molecule has 1 atom stereocenters. The van der Waals surface area contributed by atoms with Crippen LogP contribution >= 0.6 is 0 Å². The molecule has 0 aromatic carbocycles. The van der Waals surface area contributed by atoms with Crippen LogP contribution in [0.3, 0.4) is 0 Å². The van der Waals surface area contributed by atoms with Crippen LogP contribution in [0.25, 0.3) is 5.65 Å². The molecule has 0 spiro atoms. The number of aromatic nitrogens is 3. The van der Waals surface area contributed by atoms with Crippen molar-refractivity contribution in [2.75, 3.05) is 18.0 Å². The average molecular weight is 485 g/mol. The highest BCUT2D eigenvalue weighted by Gasteiger charge is 2.43. The first-order chi connectivity index (χ1) is 15.8. The maximum atomic E-state index is 15.6. The molecule has 2 aromatic heterocycles. The molecular formula is C24H32F4N4O2. The molecule has 1 aliphatic heterocycles. The summed E-state index contributed by atoms with van der Waals surface area (Å²) < 4.78 is 56.4. The minimum absolute atomic E-state index is 0.0304. The van der Waals surface area contributed by atoms with E-state index < -0.39 is 35.2 Å². The molecule has 2 fully saturated rings. The minimum Gasteiger partial charge on any atom is -0.481 e. The third-order valence-corrected chi connectivity index (χ3v) is 7.60. The molecule has 0 bridgehead atoms. The Morgan fingerprint density at radius 3 is 2.41 bits per heavy atom. The zero-order chi connectivity index (χ0) is 25.0. The number of nitrogens with zero attached hydrogens (tertiary/aromatic N) is 4. The van der Waals surface area contributed by atoms with E-state index in [1.807, 2.05) is 18.7 Å². The lowest BCUT2D eigenvalue weighted by atomic mass is 9.80. The normalized spacial score (nSPS) is 26.4. The van der Waals surface area contributed by atoms with Crippen LogP contribution in [0.4, 0.5) is 23.4 Å². The number of rotatable bonds is 4. The predicted octanol–water partition coefficient (Wildman–Crippen LogP) is 5.83. The van der Waals surface area contributed by atoms with Crippen molar-refractivity contribution in [2.24, 2.45) is 11.3 Å². The maximum Gasteiger partial charge on any atom is 0.391 e. The monoisotopic (exact) mass is 484 g/mol. The lowest BCUT2D eigenvalue weighted by Gasteiger charge is -2.40. The molecule has 0 radical (unpaired) electrons. The van der Waals surface area contributed by atoms with Crippen molar-refractivity contribution in [1.82, 2.24) is 14.6 Å². The molecular weight excluding hydrogens is 452 g/mol. The van der Waals surface area contributed by atoms with E-state index in [9.17, 15) is 23.1 Å². The van der Waals surface area contributed by atoms with E-state index in [4.69, 9.17) is 0 Å². The van der Waals surface area contributed by atoms with Crippen LogP contribution in [0.1, 0.15) is 88.1 Å². The number of aliphatic carboxylic acids is 1. The van der Waals surface area contributed by atoms with Gasteiger partial charge in [0, 0.05) is 30.3 Å². The van der Waals surface area contributed by atoms with Crippen LogP contribution in [0, 0.1) is 24.1 Å². The Balaban J connectivity index is 1.79. The molecule has 1 saturated carbocycles. The molecule has 0 amide bonds. The first-order valence-corrected chi connectivity index (χ1v) is 12.0. The smallest absolute Gasteiger partial charge is 0.391 e. The third kappa shape index (κ3) is 4.24. The number of anilines is 1. The van der Waals surface area contributed by atoms with E-state index in [2.05, 4.69) is 10.1 Å². The van der Waals surface area contributed by atoms with E-state index in [1.165, 1.54) is 4.52 Å². The molecule has 0 unspecified atom stereocenters. The second-order valence-electron chi connectivity index (χ2n) is 10.5. The Labute approximate surface area is 196 Å². The number of hydrogen-bond acceptors (Lipinski definition) is 4. The van der Waals surface area contributed by atoms with Crippen molar-refractivity contribution in [1.29, 1.82) is 0 Å². The van der Waals surface area contributed by atoms with Crippen LogP contribution < -0.4 is 4.90 Å². The fourth-order valence-corrected chi connectivity index (χ4v) is 5.68. The van der Waals surface area contributed by atoms with Gasteiger partial charge in [-0.25, -0.2) is 9.37 Å². The van der Waals surface area contributed by atoms with Gasteiger partial charge in [0.05, 0.1) is 11.3 Å². The Morgan fingerprint density at radius 2 is 1.85 bits per heavy atom. The van der Waals surface area contributed by atoms with Gasteiger partial charge < -0.3 is 10.0 Å². The van der Waals surface area contributed by atoms with Crippen molar-refractivity contribution in [3.8, 4) is 0 Å². The largest absolute Gasteiger partial charge is 0.481 e. The summed E-state index contributed by atoms with van der Waals surface area (Å²) in [7, 11) is 0. The molecule has 4 rings (SSSR count). The number of carboxylic acid groups (broad SMARTS) is 1. The number of piperidine rings is 1. The van der Waals surface area contributed by atoms with Gasteiger partial charge in [-0.1, -0.05) is 13.8 Å². The molecule has 34 heavy (non-hydrogen) atoms. The molecule has 3 heterocycles. The minimum atomic E-state index is -4.23. The fraction of sp³-hybridized carbons (Fsp3) is 0.708. The van der Waals surface area contributed by atoms with E-state index in [1.54, 1.807) is 13.8 Å². The quantitative estimate of drug-likeness (QED) is 0.553. The summed E-state index contributed by atoms with van der Waals surface area (Å²) in [5.74, 6) is -2.55. The molecule has 1 aliphatic carbocycles. The summed E-state index contributed by atoms with van der Waals surface area (Å²) in [6.45, 7) is 8.39. The summed E-state index contributed by atoms with van der Waals surface area (Å²) in [5, 5.41) is 14.4. The molecule has 188 valence electrons. The lowest BCUT2D eigenvalue weighted by molar-refractivity contribution is -0.182. The summed E-state index contributed by atoms with van der Waals surface area (Å²) in [5.41, 5.74) is 0.781. The third-order valence-electron chi connectivity index (χ3n) is 7.60. The van der Waals surface area contributed by atoms with E-state index in [-0.39, 0.29) is 49.5 Å². The van der Waals surface area contributed by atoms with Gasteiger partial charge in [0.1, 0.15) is 11.5 Å². The highest BCUT2D eigenvalue weighted by molar-refractivity contribution is 5.75. The number of halogens is 4. The molecule has 2 aliphatic rings. The zero-order valence-electron chi connectivity index (χ0n) is 20.0. The molecule has 10 heteroatoms.